The second kappa shape index (κ2) is 5.95. The number of rotatable bonds is 2. The Morgan fingerprint density at radius 1 is 1.24 bits per heavy atom. The molecule has 0 spiro atoms. The summed E-state index contributed by atoms with van der Waals surface area (Å²) in [6.45, 7) is 0.151. The van der Waals surface area contributed by atoms with Crippen LogP contribution in [0.2, 0.25) is 0 Å². The first-order chi connectivity index (χ1) is 9.79. The zero-order chi connectivity index (χ0) is 15.6. The molecule has 0 aromatic heterocycles. The lowest BCUT2D eigenvalue weighted by molar-refractivity contribution is -0.184. The lowest BCUT2D eigenvalue weighted by Crippen LogP contribution is -2.44. The molecule has 0 aliphatic carbocycles. The minimum atomic E-state index is -4.23. The third-order valence-corrected chi connectivity index (χ3v) is 3.80. The fourth-order valence-electron chi connectivity index (χ4n) is 2.51. The van der Waals surface area contributed by atoms with Gasteiger partial charge in [-0.2, -0.15) is 13.2 Å². The van der Waals surface area contributed by atoms with Gasteiger partial charge in [-0.25, -0.2) is 0 Å². The highest BCUT2D eigenvalue weighted by Gasteiger charge is 2.42. The van der Waals surface area contributed by atoms with Crippen LogP contribution in [0.5, 0.6) is 0 Å². The number of alkyl halides is 3. The maximum atomic E-state index is 12.8. The molecule has 1 amide bonds. The second-order valence-corrected chi connectivity index (χ2v) is 5.57. The van der Waals surface area contributed by atoms with Crippen molar-refractivity contribution in [1.29, 1.82) is 0 Å². The minimum Gasteiger partial charge on any atom is -0.378 e. The normalized spacial score (nSPS) is 19.5. The summed E-state index contributed by atoms with van der Waals surface area (Å²) in [6, 6.07) is 6.90. The summed E-state index contributed by atoms with van der Waals surface area (Å²) in [4.78, 5) is 15.5. The molecule has 1 aliphatic rings. The summed E-state index contributed by atoms with van der Waals surface area (Å²) in [5, 5.41) is 0. The summed E-state index contributed by atoms with van der Waals surface area (Å²) >= 11 is 0. The maximum absolute atomic E-state index is 12.8. The molecule has 1 fully saturated rings. The average Bonchev–Trinajstić information content (AvgIpc) is 2.46. The topological polar surface area (TPSA) is 23.6 Å². The summed E-state index contributed by atoms with van der Waals surface area (Å²) in [7, 11) is 3.77. The highest BCUT2D eigenvalue weighted by Crippen LogP contribution is 2.33. The van der Waals surface area contributed by atoms with Crippen molar-refractivity contribution in [3.8, 4) is 0 Å². The van der Waals surface area contributed by atoms with Gasteiger partial charge < -0.3 is 9.80 Å². The average molecular weight is 300 g/mol. The van der Waals surface area contributed by atoms with Crippen LogP contribution in [0.4, 0.5) is 18.9 Å². The van der Waals surface area contributed by atoms with Crippen molar-refractivity contribution in [2.24, 2.45) is 5.92 Å². The Morgan fingerprint density at radius 2 is 1.86 bits per heavy atom. The van der Waals surface area contributed by atoms with E-state index in [9.17, 15) is 18.0 Å². The molecule has 0 unspecified atom stereocenters. The van der Waals surface area contributed by atoms with Crippen molar-refractivity contribution in [2.45, 2.75) is 19.0 Å². The van der Waals surface area contributed by atoms with Gasteiger partial charge in [-0.1, -0.05) is 0 Å². The number of anilines is 1. The molecule has 2 rings (SSSR count). The second-order valence-electron chi connectivity index (χ2n) is 5.57. The molecule has 0 radical (unpaired) electrons. The zero-order valence-corrected chi connectivity index (χ0v) is 12.2. The monoisotopic (exact) mass is 300 g/mol. The van der Waals surface area contributed by atoms with Gasteiger partial charge in [-0.05, 0) is 37.1 Å². The Morgan fingerprint density at radius 3 is 2.38 bits per heavy atom. The lowest BCUT2D eigenvalue weighted by atomic mass is 9.97. The van der Waals surface area contributed by atoms with Crippen molar-refractivity contribution in [1.82, 2.24) is 4.90 Å². The van der Waals surface area contributed by atoms with Crippen LogP contribution in [-0.2, 0) is 0 Å². The Hall–Kier alpha value is -1.72. The smallest absolute Gasteiger partial charge is 0.378 e. The van der Waals surface area contributed by atoms with E-state index >= 15 is 0 Å². The van der Waals surface area contributed by atoms with Crippen LogP contribution in [0.25, 0.3) is 0 Å². The highest BCUT2D eigenvalue weighted by atomic mass is 19.4. The number of carbonyl (C=O) groups is 1. The Kier molecular flexibility index (Phi) is 4.44. The first kappa shape index (κ1) is 15.7. The van der Waals surface area contributed by atoms with Crippen LogP contribution in [-0.4, -0.2) is 44.2 Å². The van der Waals surface area contributed by atoms with E-state index in [0.29, 0.717) is 18.5 Å². The molecule has 21 heavy (non-hydrogen) atoms. The van der Waals surface area contributed by atoms with Crippen LogP contribution in [0.1, 0.15) is 23.2 Å². The number of piperidine rings is 1. The van der Waals surface area contributed by atoms with Gasteiger partial charge in [-0.15, -0.1) is 0 Å². The number of carbonyl (C=O) groups excluding carboxylic acids is 1. The predicted molar refractivity (Wildman–Crippen MR) is 75.5 cm³/mol. The highest BCUT2D eigenvalue weighted by molar-refractivity contribution is 5.94. The Balaban J connectivity index is 2.09. The van der Waals surface area contributed by atoms with Crippen molar-refractivity contribution in [2.75, 3.05) is 32.1 Å². The minimum absolute atomic E-state index is 0.104. The van der Waals surface area contributed by atoms with E-state index in [2.05, 4.69) is 0 Å². The van der Waals surface area contributed by atoms with Crippen molar-refractivity contribution >= 4 is 11.6 Å². The van der Waals surface area contributed by atoms with Gasteiger partial charge in [0.15, 0.2) is 0 Å². The third-order valence-electron chi connectivity index (χ3n) is 3.80. The molecule has 1 aromatic rings. The molecule has 1 aromatic carbocycles. The van der Waals surface area contributed by atoms with Gasteiger partial charge in [-0.3, -0.25) is 4.79 Å². The van der Waals surface area contributed by atoms with Crippen LogP contribution < -0.4 is 4.90 Å². The van der Waals surface area contributed by atoms with Crippen LogP contribution in [0, 0.1) is 5.92 Å². The van der Waals surface area contributed by atoms with Crippen molar-refractivity contribution in [3.63, 3.8) is 0 Å². The van der Waals surface area contributed by atoms with Gasteiger partial charge >= 0.3 is 6.18 Å². The Bertz CT molecular complexity index is 497. The van der Waals surface area contributed by atoms with Gasteiger partial charge in [0, 0.05) is 38.4 Å². The van der Waals surface area contributed by atoms with Gasteiger partial charge in [0.1, 0.15) is 0 Å². The molecule has 6 heteroatoms. The lowest BCUT2D eigenvalue weighted by Gasteiger charge is -2.33. The summed E-state index contributed by atoms with van der Waals surface area (Å²) in [5.41, 5.74) is 1.38. The van der Waals surface area contributed by atoms with E-state index in [4.69, 9.17) is 0 Å². The molecule has 1 heterocycles. The maximum Gasteiger partial charge on any atom is 0.393 e. The number of likely N-dealkylation sites (tertiary alicyclic amines) is 1. The standard InChI is InChI=1S/C15H19F3N2O/c1-19(2)13-7-5-11(6-8-13)14(21)20-9-3-4-12(10-20)15(16,17)18/h5-8,12H,3-4,9-10H2,1-2H3/t12-/m0/s1. The molecule has 3 nitrogen and oxygen atoms in total. The summed E-state index contributed by atoms with van der Waals surface area (Å²) < 4.78 is 38.3. The van der Waals surface area contributed by atoms with E-state index in [1.807, 2.05) is 19.0 Å². The number of hydrogen-bond donors (Lipinski definition) is 0. The van der Waals surface area contributed by atoms with Crippen LogP contribution >= 0.6 is 0 Å². The van der Waals surface area contributed by atoms with Crippen LogP contribution in [0.3, 0.4) is 0 Å². The summed E-state index contributed by atoms with van der Waals surface area (Å²) in [5.74, 6) is -1.73. The predicted octanol–water partition coefficient (Wildman–Crippen LogP) is 3.17. The van der Waals surface area contributed by atoms with E-state index in [0.717, 1.165) is 5.69 Å². The third kappa shape index (κ3) is 3.68. The number of nitrogens with zero attached hydrogens (tertiary/aromatic N) is 2. The SMILES string of the molecule is CN(C)c1ccc(C(=O)N2CCC[C@H](C(F)(F)F)C2)cc1. The summed E-state index contributed by atoms with van der Waals surface area (Å²) in [6.07, 6.45) is -3.73. The molecule has 1 aliphatic heterocycles. The molecule has 1 atom stereocenters. The number of hydrogen-bond acceptors (Lipinski definition) is 2. The van der Waals surface area contributed by atoms with Gasteiger partial charge in [0.2, 0.25) is 0 Å². The number of amides is 1. The van der Waals surface area contributed by atoms with Crippen molar-refractivity contribution in [3.05, 3.63) is 29.8 Å². The molecule has 1 saturated heterocycles. The largest absolute Gasteiger partial charge is 0.393 e. The fraction of sp³-hybridized carbons (Fsp3) is 0.533. The van der Waals surface area contributed by atoms with E-state index in [-0.39, 0.29) is 18.9 Å². The molecular formula is C15H19F3N2O. The van der Waals surface area contributed by atoms with Crippen LogP contribution in [0.15, 0.2) is 24.3 Å². The molecular weight excluding hydrogens is 281 g/mol. The first-order valence-electron chi connectivity index (χ1n) is 6.92. The number of halogens is 3. The van der Waals surface area contributed by atoms with E-state index < -0.39 is 12.1 Å². The molecule has 0 bridgehead atoms. The molecule has 116 valence electrons. The Labute approximate surface area is 122 Å². The quantitative estimate of drug-likeness (QED) is 0.837. The van der Waals surface area contributed by atoms with E-state index in [1.54, 1.807) is 24.3 Å². The van der Waals surface area contributed by atoms with Crippen molar-refractivity contribution < 1.29 is 18.0 Å². The zero-order valence-electron chi connectivity index (χ0n) is 12.2. The fourth-order valence-corrected chi connectivity index (χ4v) is 2.51. The van der Waals surface area contributed by atoms with E-state index in [1.165, 1.54) is 4.90 Å². The molecule has 0 saturated carbocycles. The van der Waals surface area contributed by atoms with Gasteiger partial charge in [0.05, 0.1) is 5.92 Å². The van der Waals surface area contributed by atoms with Gasteiger partial charge in [0.25, 0.3) is 5.91 Å². The number of benzene rings is 1. The first-order valence-corrected chi connectivity index (χ1v) is 6.92. The molecule has 0 N–H and O–H groups in total.